The summed E-state index contributed by atoms with van der Waals surface area (Å²) in [6.07, 6.45) is 8.50. The van der Waals surface area contributed by atoms with Gasteiger partial charge >= 0.3 is 6.09 Å². The van der Waals surface area contributed by atoms with Gasteiger partial charge in [0.25, 0.3) is 0 Å². The van der Waals surface area contributed by atoms with Gasteiger partial charge in [0.05, 0.1) is 0 Å². The summed E-state index contributed by atoms with van der Waals surface area (Å²) >= 11 is 0. The van der Waals surface area contributed by atoms with Crippen molar-refractivity contribution in [2.45, 2.75) is 20.3 Å². The number of likely N-dealkylation sites (N-methyl/N-ethyl adjacent to an activating group) is 1. The molecular formula is C13H20N2O2. The highest BCUT2D eigenvalue weighted by molar-refractivity contribution is 5.64. The Morgan fingerprint density at radius 1 is 1.41 bits per heavy atom. The summed E-state index contributed by atoms with van der Waals surface area (Å²) in [6.45, 7) is 5.31. The second-order valence-corrected chi connectivity index (χ2v) is 3.91. The molecule has 0 aromatic heterocycles. The molecule has 1 amide bonds. The molecule has 0 heterocycles. The molecule has 94 valence electrons. The van der Waals surface area contributed by atoms with Crippen molar-refractivity contribution < 1.29 is 9.53 Å². The third kappa shape index (κ3) is 4.76. The van der Waals surface area contributed by atoms with Crippen LogP contribution in [0.1, 0.15) is 20.3 Å². The quantitative estimate of drug-likeness (QED) is 0.768. The van der Waals surface area contributed by atoms with Crippen LogP contribution in [-0.4, -0.2) is 19.2 Å². The van der Waals surface area contributed by atoms with Gasteiger partial charge in [0.15, 0.2) is 0 Å². The number of primary amides is 1. The standard InChI is InChI=1S/C13H20N2O2/c1-3-10-7-11(9-17-13(14)16)5-6-12(8-10)15-4-2/h5-8,10,15H,3-4,9H2,1-2H3,(H2,14,16)/t10-/m1/s1. The zero-order chi connectivity index (χ0) is 12.7. The summed E-state index contributed by atoms with van der Waals surface area (Å²) in [6, 6.07) is 0. The van der Waals surface area contributed by atoms with E-state index < -0.39 is 6.09 Å². The van der Waals surface area contributed by atoms with E-state index in [1.54, 1.807) is 0 Å². The normalized spacial score (nSPS) is 19.1. The largest absolute Gasteiger partial charge is 0.445 e. The maximum atomic E-state index is 10.6. The summed E-state index contributed by atoms with van der Waals surface area (Å²) in [4.78, 5) is 10.6. The number of nitrogens with two attached hydrogens (primary N) is 1. The van der Waals surface area contributed by atoms with E-state index >= 15 is 0 Å². The minimum absolute atomic E-state index is 0.232. The molecular weight excluding hydrogens is 216 g/mol. The first-order chi connectivity index (χ1) is 8.15. The predicted molar refractivity (Wildman–Crippen MR) is 68.3 cm³/mol. The van der Waals surface area contributed by atoms with Crippen LogP contribution in [0.2, 0.25) is 0 Å². The van der Waals surface area contributed by atoms with E-state index in [2.05, 4.69) is 31.3 Å². The van der Waals surface area contributed by atoms with Gasteiger partial charge in [-0.05, 0) is 30.9 Å². The van der Waals surface area contributed by atoms with E-state index in [9.17, 15) is 4.79 Å². The van der Waals surface area contributed by atoms with E-state index in [-0.39, 0.29) is 6.61 Å². The highest BCUT2D eigenvalue weighted by Gasteiger charge is 2.07. The zero-order valence-corrected chi connectivity index (χ0v) is 10.4. The first-order valence-electron chi connectivity index (χ1n) is 5.92. The molecule has 1 rings (SSSR count). The Kier molecular flexibility index (Phi) is 5.33. The molecule has 0 fully saturated rings. The molecule has 0 unspecified atom stereocenters. The first-order valence-corrected chi connectivity index (χ1v) is 5.92. The van der Waals surface area contributed by atoms with Crippen LogP contribution in [0.15, 0.2) is 35.6 Å². The van der Waals surface area contributed by atoms with Gasteiger partial charge in [-0.25, -0.2) is 4.79 Å². The van der Waals surface area contributed by atoms with E-state index in [1.807, 2.05) is 12.2 Å². The number of hydrogen-bond acceptors (Lipinski definition) is 3. The molecule has 1 aliphatic rings. The van der Waals surface area contributed by atoms with Gasteiger partial charge in [0, 0.05) is 12.2 Å². The fourth-order valence-electron chi connectivity index (χ4n) is 1.67. The zero-order valence-electron chi connectivity index (χ0n) is 10.4. The number of amides is 1. The van der Waals surface area contributed by atoms with E-state index in [4.69, 9.17) is 10.5 Å². The maximum absolute atomic E-state index is 10.6. The van der Waals surface area contributed by atoms with Crippen LogP contribution >= 0.6 is 0 Å². The molecule has 0 aromatic carbocycles. The Morgan fingerprint density at radius 3 is 2.76 bits per heavy atom. The van der Waals surface area contributed by atoms with Gasteiger partial charge in [0.2, 0.25) is 0 Å². The van der Waals surface area contributed by atoms with Crippen molar-refractivity contribution in [1.82, 2.24) is 5.32 Å². The van der Waals surface area contributed by atoms with Gasteiger partial charge in [-0.15, -0.1) is 0 Å². The Balaban J connectivity index is 2.71. The molecule has 0 bridgehead atoms. The number of carbonyl (C=O) groups excluding carboxylic acids is 1. The van der Waals surface area contributed by atoms with Crippen molar-refractivity contribution >= 4 is 6.09 Å². The third-order valence-electron chi connectivity index (χ3n) is 2.53. The predicted octanol–water partition coefficient (Wildman–Crippen LogP) is 2.10. The number of ether oxygens (including phenoxy) is 1. The van der Waals surface area contributed by atoms with Crippen LogP contribution in [-0.2, 0) is 4.74 Å². The topological polar surface area (TPSA) is 64.3 Å². The SMILES string of the molecule is CCNC1=C[C@H](CC)C=C(COC(N)=O)C=C1. The van der Waals surface area contributed by atoms with Gasteiger partial charge < -0.3 is 15.8 Å². The average molecular weight is 236 g/mol. The lowest BCUT2D eigenvalue weighted by molar-refractivity contribution is 0.167. The van der Waals surface area contributed by atoms with Gasteiger partial charge in [-0.3, -0.25) is 0 Å². The van der Waals surface area contributed by atoms with Crippen LogP contribution in [0, 0.1) is 5.92 Å². The Hall–Kier alpha value is -1.71. The second-order valence-electron chi connectivity index (χ2n) is 3.91. The molecule has 4 heteroatoms. The molecule has 0 spiro atoms. The molecule has 0 radical (unpaired) electrons. The molecule has 1 atom stereocenters. The highest BCUT2D eigenvalue weighted by atomic mass is 16.5. The second kappa shape index (κ2) is 6.78. The summed E-state index contributed by atoms with van der Waals surface area (Å²) in [7, 11) is 0. The molecule has 0 saturated carbocycles. The number of allylic oxidation sites excluding steroid dienone is 3. The number of hydrogen-bond donors (Lipinski definition) is 2. The fraction of sp³-hybridized carbons (Fsp3) is 0.462. The van der Waals surface area contributed by atoms with E-state index in [0.29, 0.717) is 5.92 Å². The van der Waals surface area contributed by atoms with E-state index in [0.717, 1.165) is 24.2 Å². The minimum Gasteiger partial charge on any atom is -0.445 e. The van der Waals surface area contributed by atoms with E-state index in [1.165, 1.54) is 0 Å². The smallest absolute Gasteiger partial charge is 0.404 e. The lowest BCUT2D eigenvalue weighted by atomic mass is 10.0. The molecule has 4 nitrogen and oxygen atoms in total. The molecule has 3 N–H and O–H groups in total. The van der Waals surface area contributed by atoms with Crippen molar-refractivity contribution in [3.8, 4) is 0 Å². The van der Waals surface area contributed by atoms with Crippen molar-refractivity contribution in [2.75, 3.05) is 13.2 Å². The summed E-state index contributed by atoms with van der Waals surface area (Å²) < 4.78 is 4.80. The van der Waals surface area contributed by atoms with Crippen molar-refractivity contribution in [3.63, 3.8) is 0 Å². The Labute approximate surface area is 102 Å². The molecule has 17 heavy (non-hydrogen) atoms. The maximum Gasteiger partial charge on any atom is 0.404 e. The fourth-order valence-corrected chi connectivity index (χ4v) is 1.67. The first kappa shape index (κ1) is 13.4. The molecule has 0 aromatic rings. The minimum atomic E-state index is -0.739. The van der Waals surface area contributed by atoms with Crippen LogP contribution in [0.3, 0.4) is 0 Å². The summed E-state index contributed by atoms with van der Waals surface area (Å²) in [5.41, 5.74) is 7.03. The molecule has 1 aliphatic carbocycles. The molecule has 0 aliphatic heterocycles. The number of rotatable bonds is 5. The Bertz CT molecular complexity index is 356. The number of nitrogens with one attached hydrogen (secondary N) is 1. The molecule has 0 saturated heterocycles. The lowest BCUT2D eigenvalue weighted by Gasteiger charge is -2.07. The van der Waals surface area contributed by atoms with Crippen LogP contribution in [0.5, 0.6) is 0 Å². The van der Waals surface area contributed by atoms with Crippen LogP contribution in [0.25, 0.3) is 0 Å². The van der Waals surface area contributed by atoms with Crippen molar-refractivity contribution in [2.24, 2.45) is 11.7 Å². The van der Waals surface area contributed by atoms with Gasteiger partial charge in [-0.1, -0.05) is 25.2 Å². The monoisotopic (exact) mass is 236 g/mol. The highest BCUT2D eigenvalue weighted by Crippen LogP contribution is 2.17. The average Bonchev–Trinajstić information content (AvgIpc) is 2.49. The van der Waals surface area contributed by atoms with Gasteiger partial charge in [-0.2, -0.15) is 0 Å². The van der Waals surface area contributed by atoms with Gasteiger partial charge in [0.1, 0.15) is 6.61 Å². The number of carbonyl (C=O) groups is 1. The van der Waals surface area contributed by atoms with Crippen molar-refractivity contribution in [1.29, 1.82) is 0 Å². The van der Waals surface area contributed by atoms with Crippen LogP contribution in [0.4, 0.5) is 4.79 Å². The van der Waals surface area contributed by atoms with Crippen molar-refractivity contribution in [3.05, 3.63) is 35.6 Å². The third-order valence-corrected chi connectivity index (χ3v) is 2.53. The Morgan fingerprint density at radius 2 is 2.18 bits per heavy atom. The summed E-state index contributed by atoms with van der Waals surface area (Å²) in [5.74, 6) is 0.352. The van der Waals surface area contributed by atoms with Crippen LogP contribution < -0.4 is 11.1 Å². The lowest BCUT2D eigenvalue weighted by Crippen LogP contribution is -2.14. The summed E-state index contributed by atoms with van der Waals surface area (Å²) in [5, 5.41) is 3.28.